The van der Waals surface area contributed by atoms with Crippen LogP contribution >= 0.6 is 0 Å². The fourth-order valence-electron chi connectivity index (χ4n) is 2.47. The number of benzene rings is 1. The zero-order chi connectivity index (χ0) is 13.0. The Balaban J connectivity index is 2.11. The molecule has 0 atom stereocenters. The molecule has 0 radical (unpaired) electrons. The van der Waals surface area contributed by atoms with Crippen molar-refractivity contribution in [3.05, 3.63) is 23.8 Å². The Hall–Kier alpha value is -1.85. The summed E-state index contributed by atoms with van der Waals surface area (Å²) in [5.41, 5.74) is -0.842. The van der Waals surface area contributed by atoms with E-state index in [2.05, 4.69) is 9.47 Å². The first-order valence-electron chi connectivity index (χ1n) is 5.57. The Morgan fingerprint density at radius 2 is 2.00 bits per heavy atom. The van der Waals surface area contributed by atoms with Gasteiger partial charge in [-0.3, -0.25) is 4.79 Å². The second-order valence-electron chi connectivity index (χ2n) is 4.54. The first-order valence-corrected chi connectivity index (χ1v) is 5.57. The Kier molecular flexibility index (Phi) is 2.09. The first-order chi connectivity index (χ1) is 8.45. The van der Waals surface area contributed by atoms with Gasteiger partial charge in [-0.2, -0.15) is 0 Å². The van der Waals surface area contributed by atoms with Gasteiger partial charge < -0.3 is 14.6 Å². The lowest BCUT2D eigenvalue weighted by Crippen LogP contribution is -2.42. The highest BCUT2D eigenvalue weighted by atomic mass is 19.3. The van der Waals surface area contributed by atoms with Crippen molar-refractivity contribution in [1.29, 1.82) is 0 Å². The van der Waals surface area contributed by atoms with E-state index in [0.717, 1.165) is 6.42 Å². The minimum Gasteiger partial charge on any atom is -0.481 e. The SMILES string of the molecule is O=C(O)C1(c2cccc3c2OC(F)(F)O3)CCC1. The van der Waals surface area contributed by atoms with Crippen molar-refractivity contribution in [2.45, 2.75) is 31.0 Å². The van der Waals surface area contributed by atoms with E-state index in [0.29, 0.717) is 12.8 Å². The maximum absolute atomic E-state index is 13.0. The van der Waals surface area contributed by atoms with Gasteiger partial charge in [0.2, 0.25) is 0 Å². The van der Waals surface area contributed by atoms with Gasteiger partial charge >= 0.3 is 12.3 Å². The van der Waals surface area contributed by atoms with Crippen LogP contribution < -0.4 is 9.47 Å². The van der Waals surface area contributed by atoms with Crippen molar-refractivity contribution < 1.29 is 28.2 Å². The van der Waals surface area contributed by atoms with Crippen LogP contribution in [0, 0.1) is 0 Å². The van der Waals surface area contributed by atoms with Crippen LogP contribution in [0.25, 0.3) is 0 Å². The number of carboxylic acid groups (broad SMARTS) is 1. The quantitative estimate of drug-likeness (QED) is 0.883. The molecule has 2 aliphatic rings. The Morgan fingerprint density at radius 3 is 2.56 bits per heavy atom. The zero-order valence-electron chi connectivity index (χ0n) is 9.28. The number of rotatable bonds is 2. The first kappa shape index (κ1) is 11.3. The summed E-state index contributed by atoms with van der Waals surface area (Å²) in [5.74, 6) is -1.27. The summed E-state index contributed by atoms with van der Waals surface area (Å²) in [6.45, 7) is 0. The molecule has 1 aliphatic heterocycles. The molecular formula is C12H10F2O4. The van der Waals surface area contributed by atoms with Crippen LogP contribution in [0.3, 0.4) is 0 Å². The Labute approximate surface area is 101 Å². The number of fused-ring (bicyclic) bond motifs is 1. The largest absolute Gasteiger partial charge is 0.586 e. The topological polar surface area (TPSA) is 55.8 Å². The fraction of sp³-hybridized carbons (Fsp3) is 0.417. The summed E-state index contributed by atoms with van der Waals surface area (Å²) < 4.78 is 34.8. The van der Waals surface area contributed by atoms with Crippen LogP contribution in [-0.4, -0.2) is 17.4 Å². The van der Waals surface area contributed by atoms with Gasteiger partial charge in [-0.1, -0.05) is 18.6 Å². The van der Waals surface area contributed by atoms with Crippen LogP contribution in [0.2, 0.25) is 0 Å². The van der Waals surface area contributed by atoms with Crippen molar-refractivity contribution in [3.8, 4) is 11.5 Å². The van der Waals surface area contributed by atoms with E-state index >= 15 is 0 Å². The lowest BCUT2D eigenvalue weighted by atomic mass is 9.64. The molecule has 0 spiro atoms. The molecule has 0 bridgehead atoms. The number of para-hydroxylation sites is 1. The summed E-state index contributed by atoms with van der Waals surface area (Å²) in [6.07, 6.45) is -2.11. The molecule has 1 heterocycles. The summed E-state index contributed by atoms with van der Waals surface area (Å²) in [6, 6.07) is 4.35. The predicted octanol–water partition coefficient (Wildman–Crippen LogP) is 2.51. The molecular weight excluding hydrogens is 246 g/mol. The van der Waals surface area contributed by atoms with E-state index in [1.54, 1.807) is 0 Å². The van der Waals surface area contributed by atoms with Gasteiger partial charge in [-0.15, -0.1) is 8.78 Å². The number of aliphatic carboxylic acids is 1. The number of hydrogen-bond donors (Lipinski definition) is 1. The second kappa shape index (κ2) is 3.34. The number of halogens is 2. The molecule has 1 aliphatic carbocycles. The number of alkyl halides is 2. The van der Waals surface area contributed by atoms with Crippen LogP contribution in [0.4, 0.5) is 8.78 Å². The van der Waals surface area contributed by atoms with E-state index in [-0.39, 0.29) is 17.1 Å². The molecule has 0 amide bonds. The number of carbonyl (C=O) groups is 1. The molecule has 1 aromatic carbocycles. The number of hydrogen-bond acceptors (Lipinski definition) is 3. The third-order valence-corrected chi connectivity index (χ3v) is 3.56. The molecule has 1 N–H and O–H groups in total. The molecule has 3 rings (SSSR count). The highest BCUT2D eigenvalue weighted by molar-refractivity contribution is 5.84. The van der Waals surface area contributed by atoms with Crippen molar-refractivity contribution >= 4 is 5.97 Å². The van der Waals surface area contributed by atoms with Crippen LogP contribution in [0.15, 0.2) is 18.2 Å². The van der Waals surface area contributed by atoms with Gasteiger partial charge in [-0.05, 0) is 18.9 Å². The fourth-order valence-corrected chi connectivity index (χ4v) is 2.47. The van der Waals surface area contributed by atoms with Crippen molar-refractivity contribution in [1.82, 2.24) is 0 Å². The smallest absolute Gasteiger partial charge is 0.481 e. The summed E-state index contributed by atoms with van der Waals surface area (Å²) >= 11 is 0. The van der Waals surface area contributed by atoms with Gasteiger partial charge in [0.05, 0.1) is 5.41 Å². The van der Waals surface area contributed by atoms with Crippen molar-refractivity contribution in [2.75, 3.05) is 0 Å². The van der Waals surface area contributed by atoms with E-state index < -0.39 is 17.7 Å². The third kappa shape index (κ3) is 1.38. The average Bonchev–Trinajstić information content (AvgIpc) is 2.50. The molecule has 96 valence electrons. The Bertz CT molecular complexity index is 523. The van der Waals surface area contributed by atoms with Gasteiger partial charge in [0.25, 0.3) is 0 Å². The third-order valence-electron chi connectivity index (χ3n) is 3.56. The summed E-state index contributed by atoms with van der Waals surface area (Å²) in [4.78, 5) is 11.4. The normalized spacial score (nSPS) is 22.3. The maximum atomic E-state index is 13.0. The second-order valence-corrected chi connectivity index (χ2v) is 4.54. The summed E-state index contributed by atoms with van der Waals surface area (Å²) in [5, 5.41) is 9.31. The maximum Gasteiger partial charge on any atom is 0.586 e. The molecule has 0 unspecified atom stereocenters. The molecule has 0 saturated heterocycles. The standard InChI is InChI=1S/C12H10F2O4/c13-12(14)17-8-4-1-3-7(9(8)18-12)11(10(15)16)5-2-6-11/h1,3-4H,2,5-6H2,(H,15,16). The molecule has 1 saturated carbocycles. The number of carboxylic acids is 1. The molecule has 18 heavy (non-hydrogen) atoms. The lowest BCUT2D eigenvalue weighted by Gasteiger charge is -2.38. The molecule has 0 aromatic heterocycles. The molecule has 1 aromatic rings. The van der Waals surface area contributed by atoms with Crippen LogP contribution in [0.1, 0.15) is 24.8 Å². The minimum atomic E-state index is -3.72. The molecule has 1 fully saturated rings. The van der Waals surface area contributed by atoms with Gasteiger partial charge in [0, 0.05) is 5.56 Å². The predicted molar refractivity (Wildman–Crippen MR) is 55.8 cm³/mol. The van der Waals surface area contributed by atoms with Crippen molar-refractivity contribution in [3.63, 3.8) is 0 Å². The van der Waals surface area contributed by atoms with Gasteiger partial charge in [0.1, 0.15) is 0 Å². The average molecular weight is 256 g/mol. The van der Waals surface area contributed by atoms with Crippen LogP contribution in [-0.2, 0) is 10.2 Å². The van der Waals surface area contributed by atoms with Crippen molar-refractivity contribution in [2.24, 2.45) is 0 Å². The monoisotopic (exact) mass is 256 g/mol. The zero-order valence-corrected chi connectivity index (χ0v) is 9.28. The highest BCUT2D eigenvalue weighted by Crippen LogP contribution is 2.53. The molecule has 4 nitrogen and oxygen atoms in total. The summed E-state index contributed by atoms with van der Waals surface area (Å²) in [7, 11) is 0. The highest BCUT2D eigenvalue weighted by Gasteiger charge is 2.52. The molecule has 6 heteroatoms. The van der Waals surface area contributed by atoms with E-state index in [1.165, 1.54) is 18.2 Å². The van der Waals surface area contributed by atoms with E-state index in [9.17, 15) is 18.7 Å². The van der Waals surface area contributed by atoms with Gasteiger partial charge in [-0.25, -0.2) is 0 Å². The Morgan fingerprint density at radius 1 is 1.28 bits per heavy atom. The van der Waals surface area contributed by atoms with E-state index in [4.69, 9.17) is 0 Å². The van der Waals surface area contributed by atoms with Crippen LogP contribution in [0.5, 0.6) is 11.5 Å². The van der Waals surface area contributed by atoms with E-state index in [1.807, 2.05) is 0 Å². The minimum absolute atomic E-state index is 0.106. The van der Waals surface area contributed by atoms with Gasteiger partial charge in [0.15, 0.2) is 11.5 Å². The number of ether oxygens (including phenoxy) is 2. The lowest BCUT2D eigenvalue weighted by molar-refractivity contribution is -0.287.